The van der Waals surface area contributed by atoms with Crippen LogP contribution in [0.1, 0.15) is 24.0 Å². The van der Waals surface area contributed by atoms with Crippen molar-refractivity contribution in [3.63, 3.8) is 0 Å². The average molecular weight is 292 g/mol. The molecular formula is C19H20N2O. The molecule has 0 aliphatic heterocycles. The van der Waals surface area contributed by atoms with Crippen molar-refractivity contribution < 1.29 is 4.79 Å². The lowest BCUT2D eigenvalue weighted by Gasteiger charge is -2.25. The molecule has 0 saturated heterocycles. The Morgan fingerprint density at radius 3 is 1.91 bits per heavy atom. The SMILES string of the molecule is CC(C#N)CN(C)C(=O)C(c1ccccc1)c1ccccc1. The van der Waals surface area contributed by atoms with Gasteiger partial charge in [0.1, 0.15) is 0 Å². The first-order chi connectivity index (χ1) is 10.6. The molecule has 3 heteroatoms. The molecular weight excluding hydrogens is 272 g/mol. The van der Waals surface area contributed by atoms with Gasteiger partial charge in [-0.05, 0) is 18.1 Å². The highest BCUT2D eigenvalue weighted by Gasteiger charge is 2.26. The van der Waals surface area contributed by atoms with Crippen LogP contribution in [0.4, 0.5) is 0 Å². The molecule has 1 amide bonds. The highest BCUT2D eigenvalue weighted by molar-refractivity contribution is 5.87. The molecule has 3 nitrogen and oxygen atoms in total. The number of amides is 1. The van der Waals surface area contributed by atoms with Crippen LogP contribution in [0.3, 0.4) is 0 Å². The van der Waals surface area contributed by atoms with Crippen molar-refractivity contribution in [2.45, 2.75) is 12.8 Å². The Balaban J connectivity index is 2.33. The van der Waals surface area contributed by atoms with Gasteiger partial charge in [0.15, 0.2) is 0 Å². The van der Waals surface area contributed by atoms with Gasteiger partial charge in [-0.25, -0.2) is 0 Å². The van der Waals surface area contributed by atoms with E-state index < -0.39 is 0 Å². The Bertz CT molecular complexity index is 607. The van der Waals surface area contributed by atoms with Crippen molar-refractivity contribution in [3.8, 4) is 6.07 Å². The average Bonchev–Trinajstić information content (AvgIpc) is 2.56. The second kappa shape index (κ2) is 7.42. The number of rotatable bonds is 5. The quantitative estimate of drug-likeness (QED) is 0.847. The number of hydrogen-bond acceptors (Lipinski definition) is 2. The fraction of sp³-hybridized carbons (Fsp3) is 0.263. The van der Waals surface area contributed by atoms with Gasteiger partial charge in [0.2, 0.25) is 5.91 Å². The first-order valence-corrected chi connectivity index (χ1v) is 7.38. The van der Waals surface area contributed by atoms with Gasteiger partial charge < -0.3 is 4.90 Å². The molecule has 0 N–H and O–H groups in total. The van der Waals surface area contributed by atoms with E-state index in [4.69, 9.17) is 5.26 Å². The highest BCUT2D eigenvalue weighted by Crippen LogP contribution is 2.26. The summed E-state index contributed by atoms with van der Waals surface area (Å²) in [4.78, 5) is 14.6. The zero-order valence-electron chi connectivity index (χ0n) is 12.9. The second-order valence-electron chi connectivity index (χ2n) is 5.50. The molecule has 0 spiro atoms. The van der Waals surface area contributed by atoms with E-state index in [1.165, 1.54) is 0 Å². The number of nitriles is 1. The lowest BCUT2D eigenvalue weighted by molar-refractivity contribution is -0.130. The minimum atomic E-state index is -0.335. The van der Waals surface area contributed by atoms with Crippen LogP contribution in [-0.4, -0.2) is 24.4 Å². The van der Waals surface area contributed by atoms with Gasteiger partial charge >= 0.3 is 0 Å². The molecule has 0 aliphatic rings. The van der Waals surface area contributed by atoms with Gasteiger partial charge in [-0.1, -0.05) is 60.7 Å². The Hall–Kier alpha value is -2.60. The summed E-state index contributed by atoms with van der Waals surface area (Å²) in [6.07, 6.45) is 0. The maximum Gasteiger partial charge on any atom is 0.234 e. The Kier molecular flexibility index (Phi) is 5.32. The molecule has 2 aromatic rings. The maximum atomic E-state index is 12.9. The van der Waals surface area contributed by atoms with Crippen molar-refractivity contribution in [3.05, 3.63) is 71.8 Å². The minimum absolute atomic E-state index is 0.0134. The zero-order chi connectivity index (χ0) is 15.9. The number of benzene rings is 2. The molecule has 0 bridgehead atoms. The van der Waals surface area contributed by atoms with Gasteiger partial charge in [-0.2, -0.15) is 5.26 Å². The van der Waals surface area contributed by atoms with E-state index in [2.05, 4.69) is 6.07 Å². The van der Waals surface area contributed by atoms with E-state index in [-0.39, 0.29) is 17.7 Å². The number of carbonyl (C=O) groups is 1. The smallest absolute Gasteiger partial charge is 0.234 e. The van der Waals surface area contributed by atoms with Crippen LogP contribution < -0.4 is 0 Å². The van der Waals surface area contributed by atoms with Gasteiger partial charge in [-0.15, -0.1) is 0 Å². The van der Waals surface area contributed by atoms with E-state index >= 15 is 0 Å². The van der Waals surface area contributed by atoms with Crippen molar-refractivity contribution in [1.29, 1.82) is 5.26 Å². The van der Waals surface area contributed by atoms with E-state index in [0.29, 0.717) is 6.54 Å². The van der Waals surface area contributed by atoms with E-state index in [1.807, 2.05) is 67.6 Å². The van der Waals surface area contributed by atoms with Gasteiger partial charge in [0.25, 0.3) is 0 Å². The molecule has 0 aromatic heterocycles. The first kappa shape index (κ1) is 15.8. The Morgan fingerprint density at radius 2 is 1.50 bits per heavy atom. The summed E-state index contributed by atoms with van der Waals surface area (Å²) in [5, 5.41) is 8.95. The largest absolute Gasteiger partial charge is 0.344 e. The highest BCUT2D eigenvalue weighted by atomic mass is 16.2. The molecule has 2 rings (SSSR count). The summed E-state index contributed by atoms with van der Waals surface area (Å²) in [6.45, 7) is 2.26. The van der Waals surface area contributed by atoms with Crippen molar-refractivity contribution in [1.82, 2.24) is 4.90 Å². The molecule has 0 heterocycles. The van der Waals surface area contributed by atoms with Crippen LogP contribution in [0.2, 0.25) is 0 Å². The van der Waals surface area contributed by atoms with Gasteiger partial charge in [-0.3, -0.25) is 4.79 Å². The molecule has 112 valence electrons. The number of nitrogens with zero attached hydrogens (tertiary/aromatic N) is 2. The van der Waals surface area contributed by atoms with Gasteiger partial charge in [0.05, 0.1) is 17.9 Å². The van der Waals surface area contributed by atoms with Crippen LogP contribution in [0.15, 0.2) is 60.7 Å². The monoisotopic (exact) mass is 292 g/mol. The standard InChI is InChI=1S/C19H20N2O/c1-15(13-20)14-21(2)19(22)18(16-9-5-3-6-10-16)17-11-7-4-8-12-17/h3-12,15,18H,14H2,1-2H3. The summed E-state index contributed by atoms with van der Waals surface area (Å²) < 4.78 is 0. The fourth-order valence-electron chi connectivity index (χ4n) is 2.53. The van der Waals surface area contributed by atoms with Crippen LogP contribution in [0, 0.1) is 17.2 Å². The van der Waals surface area contributed by atoms with E-state index in [0.717, 1.165) is 11.1 Å². The summed E-state index contributed by atoms with van der Waals surface area (Å²) in [6, 6.07) is 21.7. The normalized spacial score (nSPS) is 11.7. The predicted octanol–water partition coefficient (Wildman–Crippen LogP) is 3.44. The number of carbonyl (C=O) groups excluding carboxylic acids is 1. The summed E-state index contributed by atoms with van der Waals surface area (Å²) >= 11 is 0. The third-order valence-electron chi connectivity index (χ3n) is 3.66. The lowest BCUT2D eigenvalue weighted by Crippen LogP contribution is -2.35. The number of hydrogen-bond donors (Lipinski definition) is 0. The molecule has 0 aliphatic carbocycles. The summed E-state index contributed by atoms with van der Waals surface area (Å²) in [5.74, 6) is -0.501. The summed E-state index contributed by atoms with van der Waals surface area (Å²) in [7, 11) is 1.76. The summed E-state index contributed by atoms with van der Waals surface area (Å²) in [5.41, 5.74) is 1.94. The fourth-order valence-corrected chi connectivity index (χ4v) is 2.53. The van der Waals surface area contributed by atoms with Gasteiger partial charge in [0, 0.05) is 13.6 Å². The van der Waals surface area contributed by atoms with Crippen molar-refractivity contribution >= 4 is 5.91 Å². The second-order valence-corrected chi connectivity index (χ2v) is 5.50. The number of likely N-dealkylation sites (N-methyl/N-ethyl adjacent to an activating group) is 1. The van der Waals surface area contributed by atoms with Crippen LogP contribution in [0.25, 0.3) is 0 Å². The third kappa shape index (κ3) is 3.73. The first-order valence-electron chi connectivity index (χ1n) is 7.38. The predicted molar refractivity (Wildman–Crippen MR) is 87.1 cm³/mol. The topological polar surface area (TPSA) is 44.1 Å². The van der Waals surface area contributed by atoms with Crippen molar-refractivity contribution in [2.75, 3.05) is 13.6 Å². The molecule has 0 saturated carbocycles. The van der Waals surface area contributed by atoms with E-state index in [1.54, 1.807) is 11.9 Å². The molecule has 1 unspecified atom stereocenters. The molecule has 0 radical (unpaired) electrons. The van der Waals surface area contributed by atoms with Crippen LogP contribution >= 0.6 is 0 Å². The van der Waals surface area contributed by atoms with Crippen molar-refractivity contribution in [2.24, 2.45) is 5.92 Å². The molecule has 2 aromatic carbocycles. The molecule has 0 fully saturated rings. The third-order valence-corrected chi connectivity index (χ3v) is 3.66. The zero-order valence-corrected chi connectivity index (χ0v) is 12.9. The lowest BCUT2D eigenvalue weighted by atomic mass is 9.90. The maximum absolute atomic E-state index is 12.9. The van der Waals surface area contributed by atoms with E-state index in [9.17, 15) is 4.79 Å². The molecule has 1 atom stereocenters. The van der Waals surface area contributed by atoms with Crippen LogP contribution in [0.5, 0.6) is 0 Å². The Labute approximate surface area is 131 Å². The minimum Gasteiger partial charge on any atom is -0.344 e. The Morgan fingerprint density at radius 1 is 1.05 bits per heavy atom. The molecule has 22 heavy (non-hydrogen) atoms. The van der Waals surface area contributed by atoms with Crippen LogP contribution in [-0.2, 0) is 4.79 Å².